The Morgan fingerprint density at radius 2 is 1.72 bits per heavy atom. The molecule has 146 valence electrons. The van der Waals surface area contributed by atoms with Crippen LogP contribution in [0.2, 0.25) is 0 Å². The van der Waals surface area contributed by atoms with Crippen LogP contribution < -0.4 is 10.1 Å². The first kappa shape index (κ1) is 18.8. The molecule has 0 unspecified atom stereocenters. The van der Waals surface area contributed by atoms with Crippen molar-refractivity contribution in [3.05, 3.63) is 95.2 Å². The van der Waals surface area contributed by atoms with Crippen molar-refractivity contribution < 1.29 is 13.9 Å². The lowest BCUT2D eigenvalue weighted by molar-refractivity contribution is 0.0995. The molecule has 1 amide bonds. The molecule has 0 radical (unpaired) electrons. The van der Waals surface area contributed by atoms with Crippen molar-refractivity contribution in [1.29, 1.82) is 0 Å². The Morgan fingerprint density at radius 1 is 0.966 bits per heavy atom. The Balaban J connectivity index is 1.69. The average molecular weight is 385 g/mol. The van der Waals surface area contributed by atoms with Crippen molar-refractivity contribution >= 4 is 22.6 Å². The van der Waals surface area contributed by atoms with Gasteiger partial charge in [-0.25, -0.2) is 0 Å². The van der Waals surface area contributed by atoms with Crippen molar-refractivity contribution in [2.24, 2.45) is 0 Å². The fourth-order valence-corrected chi connectivity index (χ4v) is 3.47. The zero-order valence-corrected chi connectivity index (χ0v) is 16.6. The quantitative estimate of drug-likeness (QED) is 0.434. The van der Waals surface area contributed by atoms with Crippen molar-refractivity contribution in [3.63, 3.8) is 0 Å². The molecule has 1 heterocycles. The van der Waals surface area contributed by atoms with E-state index < -0.39 is 0 Å². The van der Waals surface area contributed by atoms with Gasteiger partial charge in [0.2, 0.25) is 0 Å². The van der Waals surface area contributed by atoms with Gasteiger partial charge in [-0.3, -0.25) is 4.79 Å². The highest BCUT2D eigenvalue weighted by Gasteiger charge is 2.22. The van der Waals surface area contributed by atoms with E-state index in [1.165, 1.54) is 0 Å². The van der Waals surface area contributed by atoms with Gasteiger partial charge in [0.05, 0.1) is 0 Å². The number of anilines is 1. The van der Waals surface area contributed by atoms with E-state index in [0.29, 0.717) is 5.58 Å². The highest BCUT2D eigenvalue weighted by molar-refractivity contribution is 6.07. The molecular weight excluding hydrogens is 362 g/mol. The van der Waals surface area contributed by atoms with E-state index in [2.05, 4.69) is 12.2 Å². The maximum atomic E-state index is 13.2. The van der Waals surface area contributed by atoms with E-state index in [1.54, 1.807) is 0 Å². The predicted molar refractivity (Wildman–Crippen MR) is 115 cm³/mol. The van der Waals surface area contributed by atoms with Crippen LogP contribution in [-0.2, 0) is 13.0 Å². The average Bonchev–Trinajstić information content (AvgIpc) is 3.13. The first-order valence-corrected chi connectivity index (χ1v) is 9.75. The van der Waals surface area contributed by atoms with Crippen LogP contribution in [0.1, 0.15) is 34.2 Å². The van der Waals surface area contributed by atoms with Gasteiger partial charge < -0.3 is 14.5 Å². The lowest BCUT2D eigenvalue weighted by Crippen LogP contribution is -2.16. The third-order valence-corrected chi connectivity index (χ3v) is 5.01. The molecule has 0 spiro atoms. The topological polar surface area (TPSA) is 51.5 Å². The lowest BCUT2D eigenvalue weighted by atomic mass is 10.1. The smallest absolute Gasteiger partial charge is 0.291 e. The number of furan rings is 1. The summed E-state index contributed by atoms with van der Waals surface area (Å²) in [5.41, 5.74) is 4.38. The molecule has 1 aromatic heterocycles. The summed E-state index contributed by atoms with van der Waals surface area (Å²) in [4.78, 5) is 13.2. The molecule has 0 aliphatic carbocycles. The van der Waals surface area contributed by atoms with E-state index in [9.17, 15) is 4.79 Å². The summed E-state index contributed by atoms with van der Waals surface area (Å²) < 4.78 is 11.9. The molecule has 0 bridgehead atoms. The monoisotopic (exact) mass is 385 g/mol. The van der Waals surface area contributed by atoms with Gasteiger partial charge in [0.1, 0.15) is 17.9 Å². The molecule has 4 heteroatoms. The Morgan fingerprint density at radius 3 is 2.52 bits per heavy atom. The predicted octanol–water partition coefficient (Wildman–Crippen LogP) is 6.13. The summed E-state index contributed by atoms with van der Waals surface area (Å²) in [6.07, 6.45) is 0.835. The summed E-state index contributed by atoms with van der Waals surface area (Å²) in [5, 5.41) is 3.94. The van der Waals surface area contributed by atoms with E-state index >= 15 is 0 Å². The van der Waals surface area contributed by atoms with Gasteiger partial charge in [-0.05, 0) is 42.7 Å². The number of hydrogen-bond donors (Lipinski definition) is 1. The molecule has 3 aromatic carbocycles. The number of benzene rings is 3. The van der Waals surface area contributed by atoms with Gasteiger partial charge in [-0.1, -0.05) is 61.5 Å². The summed E-state index contributed by atoms with van der Waals surface area (Å²) in [7, 11) is 0. The zero-order chi connectivity index (χ0) is 20.2. The molecule has 4 aromatic rings. The van der Waals surface area contributed by atoms with Crippen LogP contribution in [0.5, 0.6) is 5.75 Å². The third-order valence-electron chi connectivity index (χ3n) is 5.01. The minimum Gasteiger partial charge on any atom is -0.489 e. The van der Waals surface area contributed by atoms with Gasteiger partial charge in [0.25, 0.3) is 5.91 Å². The van der Waals surface area contributed by atoms with Crippen LogP contribution in [0.15, 0.2) is 77.2 Å². The number of amides is 1. The maximum Gasteiger partial charge on any atom is 0.291 e. The molecule has 29 heavy (non-hydrogen) atoms. The molecule has 0 saturated carbocycles. The zero-order valence-electron chi connectivity index (χ0n) is 16.6. The summed E-state index contributed by atoms with van der Waals surface area (Å²) >= 11 is 0. The molecule has 0 atom stereocenters. The standard InChI is InChI=1S/C25H23NO3/c1-3-18-11-9-10-17(2)23(18)26-25(27)24-21(16-28-19-12-5-4-6-13-19)20-14-7-8-15-22(20)29-24/h4-15H,3,16H2,1-2H3,(H,26,27). The maximum absolute atomic E-state index is 13.2. The Kier molecular flexibility index (Phi) is 5.34. The number of aryl methyl sites for hydroxylation is 2. The number of carbonyl (C=O) groups is 1. The van der Waals surface area contributed by atoms with Crippen molar-refractivity contribution in [3.8, 4) is 5.75 Å². The van der Waals surface area contributed by atoms with Crippen molar-refractivity contribution in [1.82, 2.24) is 0 Å². The number of nitrogens with one attached hydrogen (secondary N) is 1. The number of hydrogen-bond acceptors (Lipinski definition) is 3. The molecule has 0 aliphatic rings. The number of para-hydroxylation sites is 3. The van der Waals surface area contributed by atoms with Crippen LogP contribution in [0.3, 0.4) is 0 Å². The van der Waals surface area contributed by atoms with Crippen LogP contribution in [0.25, 0.3) is 11.0 Å². The number of carbonyl (C=O) groups excluding carboxylic acids is 1. The van der Waals surface area contributed by atoms with Crippen molar-refractivity contribution in [2.45, 2.75) is 26.9 Å². The second kappa shape index (κ2) is 8.23. The molecule has 0 fully saturated rings. The number of ether oxygens (including phenoxy) is 1. The minimum atomic E-state index is -0.267. The largest absolute Gasteiger partial charge is 0.489 e. The second-order valence-corrected chi connectivity index (χ2v) is 6.92. The Labute approximate surface area is 170 Å². The van der Waals surface area contributed by atoms with Gasteiger partial charge in [0, 0.05) is 16.6 Å². The summed E-state index contributed by atoms with van der Waals surface area (Å²) in [6.45, 7) is 4.32. The van der Waals surface area contributed by atoms with E-state index in [0.717, 1.165) is 39.9 Å². The Bertz CT molecular complexity index is 1150. The molecule has 4 nitrogen and oxygen atoms in total. The van der Waals surface area contributed by atoms with Gasteiger partial charge in [-0.15, -0.1) is 0 Å². The first-order valence-electron chi connectivity index (χ1n) is 9.75. The molecule has 0 saturated heterocycles. The summed E-state index contributed by atoms with van der Waals surface area (Å²) in [5.74, 6) is 0.764. The highest BCUT2D eigenvalue weighted by atomic mass is 16.5. The Hall–Kier alpha value is -3.53. The molecular formula is C25H23NO3. The minimum absolute atomic E-state index is 0.248. The van der Waals surface area contributed by atoms with Crippen molar-refractivity contribution in [2.75, 3.05) is 5.32 Å². The molecule has 0 aliphatic heterocycles. The number of rotatable bonds is 6. The lowest BCUT2D eigenvalue weighted by Gasteiger charge is -2.13. The number of fused-ring (bicyclic) bond motifs is 1. The molecule has 4 rings (SSSR count). The third kappa shape index (κ3) is 3.87. The van der Waals surface area contributed by atoms with E-state index in [-0.39, 0.29) is 18.3 Å². The second-order valence-electron chi connectivity index (χ2n) is 6.92. The van der Waals surface area contributed by atoms with Crippen LogP contribution in [-0.4, -0.2) is 5.91 Å². The van der Waals surface area contributed by atoms with E-state index in [1.807, 2.05) is 79.7 Å². The molecule has 1 N–H and O–H groups in total. The highest BCUT2D eigenvalue weighted by Crippen LogP contribution is 2.29. The fraction of sp³-hybridized carbons (Fsp3) is 0.160. The van der Waals surface area contributed by atoms with Gasteiger partial charge >= 0.3 is 0 Å². The van der Waals surface area contributed by atoms with Crippen LogP contribution >= 0.6 is 0 Å². The fourth-order valence-electron chi connectivity index (χ4n) is 3.47. The van der Waals surface area contributed by atoms with Gasteiger partial charge in [0.15, 0.2) is 5.76 Å². The SMILES string of the molecule is CCc1cccc(C)c1NC(=O)c1oc2ccccc2c1COc1ccccc1. The first-order chi connectivity index (χ1) is 14.2. The van der Waals surface area contributed by atoms with Crippen LogP contribution in [0.4, 0.5) is 5.69 Å². The van der Waals surface area contributed by atoms with E-state index in [4.69, 9.17) is 9.15 Å². The summed E-state index contributed by atoms with van der Waals surface area (Å²) in [6, 6.07) is 23.2. The van der Waals surface area contributed by atoms with Crippen LogP contribution in [0, 0.1) is 6.92 Å². The normalized spacial score (nSPS) is 10.8. The van der Waals surface area contributed by atoms with Gasteiger partial charge in [-0.2, -0.15) is 0 Å².